The minimum atomic E-state index is -0.258. The molecular formula is C19H23N3O. The summed E-state index contributed by atoms with van der Waals surface area (Å²) in [6, 6.07) is 6.57. The van der Waals surface area contributed by atoms with Crippen LogP contribution in [0.4, 0.5) is 5.69 Å². The number of aliphatic hydroxyl groups is 1. The molecule has 120 valence electrons. The zero-order valence-electron chi connectivity index (χ0n) is 14.0. The zero-order chi connectivity index (χ0) is 16.6. The number of rotatable bonds is 2. The lowest BCUT2D eigenvalue weighted by Gasteiger charge is -2.35. The van der Waals surface area contributed by atoms with Gasteiger partial charge in [-0.15, -0.1) is 0 Å². The molecule has 1 fully saturated rings. The Kier molecular flexibility index (Phi) is 4.23. The fraction of sp³-hybridized carbons (Fsp3) is 0.474. The van der Waals surface area contributed by atoms with Gasteiger partial charge in [-0.05, 0) is 51.2 Å². The van der Waals surface area contributed by atoms with Crippen molar-refractivity contribution in [3.05, 3.63) is 35.0 Å². The fourth-order valence-electron chi connectivity index (χ4n) is 3.68. The number of nitriles is 1. The highest BCUT2D eigenvalue weighted by Gasteiger charge is 2.25. The number of fused-ring (bicyclic) bond motifs is 1. The number of pyridine rings is 1. The number of hydrogen-bond donors (Lipinski definition) is 1. The van der Waals surface area contributed by atoms with Gasteiger partial charge in [-0.3, -0.25) is 4.98 Å². The summed E-state index contributed by atoms with van der Waals surface area (Å²) in [7, 11) is 0. The molecule has 4 heteroatoms. The summed E-state index contributed by atoms with van der Waals surface area (Å²) in [5, 5.41) is 20.4. The highest BCUT2D eigenvalue weighted by molar-refractivity contribution is 5.96. The van der Waals surface area contributed by atoms with Crippen LogP contribution in [0.3, 0.4) is 0 Å². The van der Waals surface area contributed by atoms with E-state index >= 15 is 0 Å². The van der Waals surface area contributed by atoms with Gasteiger partial charge in [0.05, 0.1) is 22.9 Å². The first-order valence-corrected chi connectivity index (χ1v) is 8.24. The van der Waals surface area contributed by atoms with E-state index in [2.05, 4.69) is 41.9 Å². The molecule has 0 radical (unpaired) electrons. The number of benzene rings is 1. The van der Waals surface area contributed by atoms with E-state index in [9.17, 15) is 10.4 Å². The van der Waals surface area contributed by atoms with Gasteiger partial charge < -0.3 is 10.0 Å². The largest absolute Gasteiger partial charge is 0.393 e. The van der Waals surface area contributed by atoms with E-state index in [0.29, 0.717) is 11.5 Å². The monoisotopic (exact) mass is 309 g/mol. The molecule has 0 aliphatic carbocycles. The molecule has 1 aromatic carbocycles. The minimum absolute atomic E-state index is 0.258. The molecule has 1 N–H and O–H groups in total. The van der Waals surface area contributed by atoms with Crippen molar-refractivity contribution in [1.29, 1.82) is 5.26 Å². The molecule has 2 heterocycles. The molecule has 23 heavy (non-hydrogen) atoms. The molecule has 3 rings (SSSR count). The molecule has 0 amide bonds. The predicted octanol–water partition coefficient (Wildman–Crippen LogP) is 3.32. The summed E-state index contributed by atoms with van der Waals surface area (Å²) >= 11 is 0. The first-order chi connectivity index (χ1) is 11.0. The molecule has 1 aliphatic rings. The second-order valence-corrected chi connectivity index (χ2v) is 6.68. The fourth-order valence-corrected chi connectivity index (χ4v) is 3.68. The van der Waals surface area contributed by atoms with E-state index in [1.807, 2.05) is 6.92 Å². The molecular weight excluding hydrogens is 286 g/mol. The van der Waals surface area contributed by atoms with Crippen molar-refractivity contribution in [1.82, 2.24) is 4.98 Å². The number of piperidine rings is 1. The Bertz CT molecular complexity index is 768. The average Bonchev–Trinajstić information content (AvgIpc) is 2.53. The van der Waals surface area contributed by atoms with Crippen molar-refractivity contribution in [2.24, 2.45) is 5.92 Å². The third-order valence-electron chi connectivity index (χ3n) is 4.94. The quantitative estimate of drug-likeness (QED) is 0.924. The molecule has 1 aliphatic heterocycles. The van der Waals surface area contributed by atoms with Crippen LogP contribution in [0.25, 0.3) is 10.9 Å². The third kappa shape index (κ3) is 2.89. The Labute approximate surface area is 137 Å². The van der Waals surface area contributed by atoms with Crippen LogP contribution in [0.2, 0.25) is 0 Å². The van der Waals surface area contributed by atoms with E-state index in [1.165, 1.54) is 5.56 Å². The molecule has 0 spiro atoms. The third-order valence-corrected chi connectivity index (χ3v) is 4.94. The van der Waals surface area contributed by atoms with Crippen LogP contribution in [0.1, 0.15) is 36.5 Å². The maximum Gasteiger partial charge on any atom is 0.103 e. The van der Waals surface area contributed by atoms with Crippen molar-refractivity contribution in [2.45, 2.75) is 39.7 Å². The lowest BCUT2D eigenvalue weighted by molar-refractivity contribution is 0.110. The van der Waals surface area contributed by atoms with Crippen LogP contribution in [-0.2, 0) is 0 Å². The van der Waals surface area contributed by atoms with Gasteiger partial charge >= 0.3 is 0 Å². The first kappa shape index (κ1) is 15.8. The Morgan fingerprint density at radius 3 is 2.61 bits per heavy atom. The van der Waals surface area contributed by atoms with E-state index in [4.69, 9.17) is 0 Å². The average molecular weight is 309 g/mol. The standard InChI is InChI=1S/C19H23N3O/c1-12-8-13(2)18-17(9-12)19(16(10-20)11-21-18)22-6-4-15(5-7-22)14(3)23/h8-9,11,14-15,23H,4-7H2,1-3H3. The molecule has 1 unspecified atom stereocenters. The van der Waals surface area contributed by atoms with E-state index in [1.54, 1.807) is 6.20 Å². The maximum absolute atomic E-state index is 9.80. The maximum atomic E-state index is 9.80. The Morgan fingerprint density at radius 1 is 1.30 bits per heavy atom. The van der Waals surface area contributed by atoms with Gasteiger partial charge in [0.2, 0.25) is 0 Å². The highest BCUT2D eigenvalue weighted by Crippen LogP contribution is 2.34. The van der Waals surface area contributed by atoms with Crippen molar-refractivity contribution >= 4 is 16.6 Å². The number of aromatic nitrogens is 1. The smallest absolute Gasteiger partial charge is 0.103 e. The van der Waals surface area contributed by atoms with Crippen LogP contribution in [0.5, 0.6) is 0 Å². The molecule has 2 aromatic rings. The number of anilines is 1. The predicted molar refractivity (Wildman–Crippen MR) is 92.5 cm³/mol. The van der Waals surface area contributed by atoms with Crippen molar-refractivity contribution in [3.8, 4) is 6.07 Å². The van der Waals surface area contributed by atoms with Gasteiger partial charge in [0.1, 0.15) is 6.07 Å². The Hall–Kier alpha value is -2.12. The normalized spacial score (nSPS) is 17.3. The van der Waals surface area contributed by atoms with Crippen molar-refractivity contribution < 1.29 is 5.11 Å². The summed E-state index contributed by atoms with van der Waals surface area (Å²) in [5.41, 5.74) is 4.95. The minimum Gasteiger partial charge on any atom is -0.393 e. The first-order valence-electron chi connectivity index (χ1n) is 8.24. The summed E-state index contributed by atoms with van der Waals surface area (Å²) in [6.07, 6.45) is 3.35. The van der Waals surface area contributed by atoms with Gasteiger partial charge in [-0.2, -0.15) is 5.26 Å². The van der Waals surface area contributed by atoms with Gasteiger partial charge in [0, 0.05) is 24.7 Å². The summed E-state index contributed by atoms with van der Waals surface area (Å²) in [6.45, 7) is 7.76. The van der Waals surface area contributed by atoms with Crippen LogP contribution in [-0.4, -0.2) is 29.3 Å². The lowest BCUT2D eigenvalue weighted by Crippen LogP contribution is -2.37. The van der Waals surface area contributed by atoms with Crippen molar-refractivity contribution in [2.75, 3.05) is 18.0 Å². The van der Waals surface area contributed by atoms with Gasteiger partial charge in [0.25, 0.3) is 0 Å². The Morgan fingerprint density at radius 2 is 2.00 bits per heavy atom. The number of aryl methyl sites for hydroxylation is 2. The van der Waals surface area contributed by atoms with Crippen LogP contribution < -0.4 is 4.90 Å². The molecule has 1 aromatic heterocycles. The summed E-state index contributed by atoms with van der Waals surface area (Å²) in [5.74, 6) is 0.355. The Balaban J connectivity index is 2.08. The molecule has 4 nitrogen and oxygen atoms in total. The SMILES string of the molecule is Cc1cc(C)c2ncc(C#N)c(N3CCC(C(C)O)CC3)c2c1. The van der Waals surface area contributed by atoms with Gasteiger partial charge in [0.15, 0.2) is 0 Å². The number of hydrogen-bond acceptors (Lipinski definition) is 4. The van der Waals surface area contributed by atoms with Crippen molar-refractivity contribution in [3.63, 3.8) is 0 Å². The zero-order valence-corrected chi connectivity index (χ0v) is 14.0. The summed E-state index contributed by atoms with van der Waals surface area (Å²) in [4.78, 5) is 6.79. The molecule has 0 bridgehead atoms. The van der Waals surface area contributed by atoms with Crippen LogP contribution in [0, 0.1) is 31.1 Å². The second-order valence-electron chi connectivity index (χ2n) is 6.68. The van der Waals surface area contributed by atoms with E-state index in [-0.39, 0.29) is 6.10 Å². The topological polar surface area (TPSA) is 60.2 Å². The highest BCUT2D eigenvalue weighted by atomic mass is 16.3. The van der Waals surface area contributed by atoms with E-state index < -0.39 is 0 Å². The number of nitrogens with zero attached hydrogens (tertiary/aromatic N) is 3. The van der Waals surface area contributed by atoms with Gasteiger partial charge in [-0.25, -0.2) is 0 Å². The van der Waals surface area contributed by atoms with Gasteiger partial charge in [-0.1, -0.05) is 11.6 Å². The second kappa shape index (κ2) is 6.17. The number of aliphatic hydroxyl groups excluding tert-OH is 1. The van der Waals surface area contributed by atoms with Crippen LogP contribution in [0.15, 0.2) is 18.3 Å². The molecule has 0 saturated carbocycles. The van der Waals surface area contributed by atoms with E-state index in [0.717, 1.165) is 48.1 Å². The lowest BCUT2D eigenvalue weighted by atomic mass is 9.91. The molecule has 1 saturated heterocycles. The molecule has 1 atom stereocenters. The summed E-state index contributed by atoms with van der Waals surface area (Å²) < 4.78 is 0. The van der Waals surface area contributed by atoms with Crippen LogP contribution >= 0.6 is 0 Å².